The molecule has 1 aromatic rings. The molecule has 1 atom stereocenters. The van der Waals surface area contributed by atoms with Crippen LogP contribution in [0, 0.1) is 5.92 Å². The fourth-order valence-electron chi connectivity index (χ4n) is 3.16. The van der Waals surface area contributed by atoms with E-state index in [9.17, 15) is 18.0 Å². The molecule has 1 amide bonds. The molecule has 1 unspecified atom stereocenters. The van der Waals surface area contributed by atoms with E-state index in [1.165, 1.54) is 19.4 Å². The van der Waals surface area contributed by atoms with Crippen molar-refractivity contribution in [1.82, 2.24) is 10.3 Å². The van der Waals surface area contributed by atoms with E-state index in [4.69, 9.17) is 9.47 Å². The van der Waals surface area contributed by atoms with Crippen molar-refractivity contribution in [3.05, 3.63) is 33.7 Å². The average molecular weight is 506 g/mol. The van der Waals surface area contributed by atoms with Gasteiger partial charge in [-0.3, -0.25) is 4.79 Å². The van der Waals surface area contributed by atoms with Gasteiger partial charge in [-0.05, 0) is 60.5 Å². The second kappa shape index (κ2) is 10.0. The molecule has 0 bridgehead atoms. The van der Waals surface area contributed by atoms with Gasteiger partial charge in [0.15, 0.2) is 12.5 Å². The molecular weight excluding hydrogens is 479 g/mol. The third-order valence-electron chi connectivity index (χ3n) is 5.20. The SMILES string of the molecule is CC/C(C)=C(/N=C(/C)OC)C(C)(NC(=O)c1cc(OCC(F)(F)F)c(Br)cn1)C1CC1. The van der Waals surface area contributed by atoms with Gasteiger partial charge in [0.05, 0.1) is 22.8 Å². The predicted octanol–water partition coefficient (Wildman–Crippen LogP) is 5.43. The zero-order chi connectivity index (χ0) is 23.4. The minimum Gasteiger partial charge on any atom is -0.484 e. The Bertz CT molecular complexity index is 882. The van der Waals surface area contributed by atoms with Crippen molar-refractivity contribution in [2.45, 2.75) is 58.7 Å². The number of alkyl halides is 3. The lowest BCUT2D eigenvalue weighted by Gasteiger charge is -2.33. The standard InChI is InChI=1S/C21H27BrF3N3O3/c1-6-12(2)18(27-13(3)30-5)20(4,14-7-8-14)28-19(29)16-9-17(15(22)10-26-16)31-11-21(23,24)25/h9-10,14H,6-8,11H2,1-5H3,(H,28,29)/b18-12+,27-13-. The first-order chi connectivity index (χ1) is 14.4. The molecule has 0 aromatic carbocycles. The molecule has 6 nitrogen and oxygen atoms in total. The van der Waals surface area contributed by atoms with E-state index in [2.05, 4.69) is 31.2 Å². The van der Waals surface area contributed by atoms with Crippen LogP contribution in [0.1, 0.15) is 57.4 Å². The summed E-state index contributed by atoms with van der Waals surface area (Å²) >= 11 is 3.10. The van der Waals surface area contributed by atoms with Crippen LogP contribution in [0.15, 0.2) is 33.0 Å². The molecular formula is C21H27BrF3N3O3. The number of hydrogen-bond donors (Lipinski definition) is 1. The summed E-state index contributed by atoms with van der Waals surface area (Å²) < 4.78 is 47.8. The zero-order valence-electron chi connectivity index (χ0n) is 18.2. The van der Waals surface area contributed by atoms with Gasteiger partial charge in [0.25, 0.3) is 5.91 Å². The van der Waals surface area contributed by atoms with Gasteiger partial charge in [0, 0.05) is 19.2 Å². The first kappa shape index (κ1) is 25.2. The Balaban J connectivity index is 2.36. The zero-order valence-corrected chi connectivity index (χ0v) is 19.8. The second-order valence-electron chi connectivity index (χ2n) is 7.65. The van der Waals surface area contributed by atoms with Crippen LogP contribution in [-0.2, 0) is 4.74 Å². The van der Waals surface area contributed by atoms with E-state index in [1.807, 2.05) is 20.8 Å². The number of aliphatic imine (C=N–C) groups is 1. The van der Waals surface area contributed by atoms with Gasteiger partial charge in [-0.25, -0.2) is 9.98 Å². The molecule has 0 radical (unpaired) electrons. The molecule has 1 saturated carbocycles. The first-order valence-electron chi connectivity index (χ1n) is 9.88. The highest BCUT2D eigenvalue weighted by molar-refractivity contribution is 9.10. The quantitative estimate of drug-likeness (QED) is 0.377. The topological polar surface area (TPSA) is 72.8 Å². The number of allylic oxidation sites excluding steroid dienone is 1. The summed E-state index contributed by atoms with van der Waals surface area (Å²) in [5.74, 6) is 0.0102. The Morgan fingerprint density at radius 1 is 1.35 bits per heavy atom. The number of ether oxygens (including phenoxy) is 2. The summed E-state index contributed by atoms with van der Waals surface area (Å²) in [5, 5.41) is 3.02. The Labute approximate surface area is 188 Å². The average Bonchev–Trinajstić information content (AvgIpc) is 3.55. The largest absolute Gasteiger partial charge is 0.484 e. The third-order valence-corrected chi connectivity index (χ3v) is 5.80. The van der Waals surface area contributed by atoms with Crippen molar-refractivity contribution in [3.63, 3.8) is 0 Å². The van der Waals surface area contributed by atoms with Crippen LogP contribution in [0.4, 0.5) is 13.2 Å². The summed E-state index contributed by atoms with van der Waals surface area (Å²) in [7, 11) is 1.53. The number of methoxy groups -OCH3 is 1. The molecule has 1 fully saturated rings. The van der Waals surface area contributed by atoms with Crippen LogP contribution in [0.2, 0.25) is 0 Å². The minimum absolute atomic E-state index is 0.0480. The lowest BCUT2D eigenvalue weighted by molar-refractivity contribution is -0.153. The molecule has 1 aromatic heterocycles. The van der Waals surface area contributed by atoms with E-state index in [-0.39, 0.29) is 21.8 Å². The minimum atomic E-state index is -4.50. The van der Waals surface area contributed by atoms with Crippen LogP contribution in [0.3, 0.4) is 0 Å². The summed E-state index contributed by atoms with van der Waals surface area (Å²) in [4.78, 5) is 21.7. The highest BCUT2D eigenvalue weighted by Gasteiger charge is 2.46. The highest BCUT2D eigenvalue weighted by atomic mass is 79.9. The van der Waals surface area contributed by atoms with E-state index in [0.717, 1.165) is 30.5 Å². The molecule has 1 heterocycles. The molecule has 0 saturated heterocycles. The third kappa shape index (κ3) is 6.69. The van der Waals surface area contributed by atoms with Crippen molar-refractivity contribution >= 4 is 27.7 Å². The van der Waals surface area contributed by atoms with Crippen molar-refractivity contribution < 1.29 is 27.4 Å². The lowest BCUT2D eigenvalue weighted by atomic mass is 9.88. The van der Waals surface area contributed by atoms with Gasteiger partial charge in [-0.15, -0.1) is 0 Å². The smallest absolute Gasteiger partial charge is 0.422 e. The van der Waals surface area contributed by atoms with E-state index in [1.54, 1.807) is 6.92 Å². The molecule has 172 valence electrons. The maximum Gasteiger partial charge on any atom is 0.422 e. The van der Waals surface area contributed by atoms with Gasteiger partial charge in [-0.1, -0.05) is 6.92 Å². The number of hydrogen-bond acceptors (Lipinski definition) is 5. The molecule has 10 heteroatoms. The van der Waals surface area contributed by atoms with E-state index in [0.29, 0.717) is 5.90 Å². The van der Waals surface area contributed by atoms with Gasteiger partial charge >= 0.3 is 6.18 Å². The summed E-state index contributed by atoms with van der Waals surface area (Å²) in [6, 6.07) is 1.19. The Morgan fingerprint density at radius 2 is 2.00 bits per heavy atom. The monoisotopic (exact) mass is 505 g/mol. The Kier molecular flexibility index (Phi) is 8.13. The van der Waals surface area contributed by atoms with Crippen molar-refractivity contribution in [1.29, 1.82) is 0 Å². The number of rotatable bonds is 8. The molecule has 1 aliphatic carbocycles. The van der Waals surface area contributed by atoms with Crippen molar-refractivity contribution in [2.24, 2.45) is 10.9 Å². The Morgan fingerprint density at radius 3 is 2.52 bits per heavy atom. The number of carbonyl (C=O) groups excluding carboxylic acids is 1. The molecule has 0 spiro atoms. The number of nitrogens with one attached hydrogen (secondary N) is 1. The van der Waals surface area contributed by atoms with Crippen LogP contribution in [-0.4, -0.2) is 42.2 Å². The maximum atomic E-state index is 13.1. The number of nitrogens with zero attached hydrogens (tertiary/aromatic N) is 2. The van der Waals surface area contributed by atoms with Gasteiger partial charge in [0.1, 0.15) is 11.4 Å². The molecule has 31 heavy (non-hydrogen) atoms. The molecule has 0 aliphatic heterocycles. The summed E-state index contributed by atoms with van der Waals surface area (Å²) in [5.41, 5.74) is 0.895. The Hall–Kier alpha value is -2.10. The number of amides is 1. The predicted molar refractivity (Wildman–Crippen MR) is 115 cm³/mol. The summed E-state index contributed by atoms with van der Waals surface area (Å²) in [6.07, 6.45) is -0.667. The molecule has 1 N–H and O–H groups in total. The summed E-state index contributed by atoms with van der Waals surface area (Å²) in [6.45, 7) is 6.13. The number of pyridine rings is 1. The fraction of sp³-hybridized carbons (Fsp3) is 0.571. The number of carbonyl (C=O) groups is 1. The van der Waals surface area contributed by atoms with Gasteiger partial charge in [-0.2, -0.15) is 13.2 Å². The van der Waals surface area contributed by atoms with Crippen molar-refractivity contribution in [2.75, 3.05) is 13.7 Å². The van der Waals surface area contributed by atoms with Crippen LogP contribution in [0.25, 0.3) is 0 Å². The normalized spacial score (nSPS) is 17.5. The van der Waals surface area contributed by atoms with Crippen LogP contribution < -0.4 is 10.1 Å². The van der Waals surface area contributed by atoms with Crippen LogP contribution >= 0.6 is 15.9 Å². The number of aromatic nitrogens is 1. The van der Waals surface area contributed by atoms with E-state index >= 15 is 0 Å². The fourth-order valence-corrected chi connectivity index (χ4v) is 3.49. The molecule has 1 aliphatic rings. The lowest BCUT2D eigenvalue weighted by Crippen LogP contribution is -2.50. The number of halogens is 4. The van der Waals surface area contributed by atoms with Gasteiger partial charge < -0.3 is 14.8 Å². The molecule has 2 rings (SSSR count). The van der Waals surface area contributed by atoms with Crippen molar-refractivity contribution in [3.8, 4) is 5.75 Å². The highest BCUT2D eigenvalue weighted by Crippen LogP contribution is 2.45. The second-order valence-corrected chi connectivity index (χ2v) is 8.51. The maximum absolute atomic E-state index is 13.1. The van der Waals surface area contributed by atoms with Crippen LogP contribution in [0.5, 0.6) is 5.75 Å². The first-order valence-corrected chi connectivity index (χ1v) is 10.7. The van der Waals surface area contributed by atoms with E-state index < -0.39 is 24.2 Å². The van der Waals surface area contributed by atoms with Gasteiger partial charge in [0.2, 0.25) is 0 Å².